The largest absolute Gasteiger partial charge is 0.453 e. The van der Waals surface area contributed by atoms with Gasteiger partial charge in [0.15, 0.2) is 0 Å². The maximum Gasteiger partial charge on any atom is 0.409 e. The van der Waals surface area contributed by atoms with Gasteiger partial charge in [-0.15, -0.1) is 11.3 Å². The summed E-state index contributed by atoms with van der Waals surface area (Å²) in [4.78, 5) is 31.1. The van der Waals surface area contributed by atoms with Crippen LogP contribution in [0.4, 0.5) is 9.59 Å². The molecule has 2 amide bonds. The number of benzene rings is 2. The molecule has 0 spiro atoms. The van der Waals surface area contributed by atoms with E-state index in [1.54, 1.807) is 16.6 Å². The molecule has 1 N–H and O–H groups in total. The van der Waals surface area contributed by atoms with Gasteiger partial charge in [-0.25, -0.2) is 9.59 Å². The predicted octanol–water partition coefficient (Wildman–Crippen LogP) is 4.81. The summed E-state index contributed by atoms with van der Waals surface area (Å²) in [6.07, 6.45) is 1.57. The van der Waals surface area contributed by atoms with Crippen LogP contribution in [0.1, 0.15) is 28.5 Å². The highest BCUT2D eigenvalue weighted by molar-refractivity contribution is 7.09. The number of aromatic nitrogens is 1. The number of nitrogens with zero attached hydrogens (tertiary/aromatic N) is 2. The summed E-state index contributed by atoms with van der Waals surface area (Å²) < 4.78 is 10.6. The molecule has 0 aliphatic carbocycles. The molecule has 0 aliphatic rings. The summed E-state index contributed by atoms with van der Waals surface area (Å²) in [5, 5.41) is 2.78. The van der Waals surface area contributed by atoms with Crippen molar-refractivity contribution in [2.45, 2.75) is 25.5 Å². The highest BCUT2D eigenvalue weighted by Crippen LogP contribution is 2.25. The van der Waals surface area contributed by atoms with Gasteiger partial charge in [-0.3, -0.25) is 4.98 Å². The number of carbonyl (C=O) groups is 2. The fraction of sp³-hybridized carbons (Fsp3) is 0.292. The van der Waals surface area contributed by atoms with Gasteiger partial charge in [-0.05, 0) is 17.5 Å². The van der Waals surface area contributed by atoms with Gasteiger partial charge < -0.3 is 19.7 Å². The molecular formula is C24H27N3O4S. The Morgan fingerprint density at radius 1 is 1.06 bits per heavy atom. The van der Waals surface area contributed by atoms with E-state index in [1.165, 1.54) is 18.4 Å². The Morgan fingerprint density at radius 3 is 2.38 bits per heavy atom. The molecule has 3 rings (SSSR count). The Bertz CT molecular complexity index is 952. The van der Waals surface area contributed by atoms with Gasteiger partial charge in [0, 0.05) is 32.3 Å². The van der Waals surface area contributed by atoms with Crippen molar-refractivity contribution >= 4 is 23.5 Å². The minimum atomic E-state index is -0.494. The van der Waals surface area contributed by atoms with Crippen LogP contribution in [0.2, 0.25) is 0 Å². The van der Waals surface area contributed by atoms with Crippen LogP contribution in [-0.2, 0) is 22.4 Å². The monoisotopic (exact) mass is 453 g/mol. The third kappa shape index (κ3) is 7.39. The van der Waals surface area contributed by atoms with Crippen LogP contribution < -0.4 is 5.32 Å². The van der Waals surface area contributed by atoms with E-state index in [4.69, 9.17) is 9.47 Å². The second kappa shape index (κ2) is 12.5. The number of amides is 2. The SMILES string of the molecule is COC(=O)N(CCCNC(=O)OC(Cc1ccccc1)c1cncs1)Cc1ccccc1. The lowest BCUT2D eigenvalue weighted by atomic mass is 10.1. The highest BCUT2D eigenvalue weighted by atomic mass is 32.1. The first-order chi connectivity index (χ1) is 15.7. The molecule has 168 valence electrons. The van der Waals surface area contributed by atoms with Crippen molar-refractivity contribution in [2.24, 2.45) is 0 Å². The van der Waals surface area contributed by atoms with Crippen molar-refractivity contribution in [3.8, 4) is 0 Å². The van der Waals surface area contributed by atoms with Crippen LogP contribution in [0, 0.1) is 0 Å². The fourth-order valence-electron chi connectivity index (χ4n) is 3.21. The highest BCUT2D eigenvalue weighted by Gasteiger charge is 2.19. The van der Waals surface area contributed by atoms with Crippen molar-refractivity contribution < 1.29 is 19.1 Å². The van der Waals surface area contributed by atoms with Crippen molar-refractivity contribution in [2.75, 3.05) is 20.2 Å². The summed E-state index contributed by atoms with van der Waals surface area (Å²) in [6, 6.07) is 19.6. The normalized spacial score (nSPS) is 11.4. The van der Waals surface area contributed by atoms with Crippen molar-refractivity contribution in [3.05, 3.63) is 88.4 Å². The molecule has 1 atom stereocenters. The zero-order valence-electron chi connectivity index (χ0n) is 18.0. The van der Waals surface area contributed by atoms with Crippen LogP contribution in [0.15, 0.2) is 72.4 Å². The van der Waals surface area contributed by atoms with E-state index < -0.39 is 18.3 Å². The summed E-state index contributed by atoms with van der Waals surface area (Å²) in [7, 11) is 1.36. The molecule has 0 saturated heterocycles. The molecular weight excluding hydrogens is 426 g/mol. The minimum absolute atomic E-state index is 0.377. The van der Waals surface area contributed by atoms with E-state index in [0.29, 0.717) is 32.5 Å². The number of carbonyl (C=O) groups excluding carboxylic acids is 2. The second-order valence-electron chi connectivity index (χ2n) is 7.14. The third-order valence-electron chi connectivity index (χ3n) is 4.81. The van der Waals surface area contributed by atoms with Crippen molar-refractivity contribution in [1.29, 1.82) is 0 Å². The average molecular weight is 454 g/mol. The Kier molecular flexibility index (Phi) is 9.06. The van der Waals surface area contributed by atoms with Crippen LogP contribution in [0.3, 0.4) is 0 Å². The first-order valence-corrected chi connectivity index (χ1v) is 11.3. The van der Waals surface area contributed by atoms with Gasteiger partial charge in [0.05, 0.1) is 17.5 Å². The van der Waals surface area contributed by atoms with Gasteiger partial charge >= 0.3 is 12.2 Å². The number of methoxy groups -OCH3 is 1. The van der Waals surface area contributed by atoms with Crippen LogP contribution in [0.25, 0.3) is 0 Å². The van der Waals surface area contributed by atoms with E-state index in [0.717, 1.165) is 16.0 Å². The summed E-state index contributed by atoms with van der Waals surface area (Å²) >= 11 is 1.46. The van der Waals surface area contributed by atoms with E-state index in [9.17, 15) is 9.59 Å². The van der Waals surface area contributed by atoms with Gasteiger partial charge in [-0.2, -0.15) is 0 Å². The molecule has 1 heterocycles. The number of hydrogen-bond acceptors (Lipinski definition) is 6. The lowest BCUT2D eigenvalue weighted by Crippen LogP contribution is -2.34. The number of rotatable bonds is 10. The third-order valence-corrected chi connectivity index (χ3v) is 5.67. The Hall–Kier alpha value is -3.39. The molecule has 7 nitrogen and oxygen atoms in total. The van der Waals surface area contributed by atoms with Gasteiger partial charge in [0.25, 0.3) is 0 Å². The molecule has 0 aliphatic heterocycles. The van der Waals surface area contributed by atoms with Crippen molar-refractivity contribution in [3.63, 3.8) is 0 Å². The first-order valence-electron chi connectivity index (χ1n) is 10.4. The molecule has 0 fully saturated rings. The van der Waals surface area contributed by atoms with Crippen LogP contribution in [-0.4, -0.2) is 42.3 Å². The van der Waals surface area contributed by atoms with Crippen molar-refractivity contribution in [1.82, 2.24) is 15.2 Å². The van der Waals surface area contributed by atoms with Crippen LogP contribution in [0.5, 0.6) is 0 Å². The number of hydrogen-bond donors (Lipinski definition) is 1. The van der Waals surface area contributed by atoms with Crippen LogP contribution >= 0.6 is 11.3 Å². The Balaban J connectivity index is 1.48. The van der Waals surface area contributed by atoms with Gasteiger partial charge in [0.2, 0.25) is 0 Å². The number of nitrogens with one attached hydrogen (secondary N) is 1. The van der Waals surface area contributed by atoms with E-state index >= 15 is 0 Å². The quantitative estimate of drug-likeness (QED) is 0.446. The minimum Gasteiger partial charge on any atom is -0.453 e. The molecule has 0 saturated carbocycles. The lowest BCUT2D eigenvalue weighted by Gasteiger charge is -2.21. The van der Waals surface area contributed by atoms with Gasteiger partial charge in [-0.1, -0.05) is 60.7 Å². The number of alkyl carbamates (subject to hydrolysis) is 1. The maximum absolute atomic E-state index is 12.4. The van der Waals surface area contributed by atoms with E-state index in [2.05, 4.69) is 10.3 Å². The molecule has 8 heteroatoms. The predicted molar refractivity (Wildman–Crippen MR) is 123 cm³/mol. The molecule has 2 aromatic carbocycles. The van der Waals surface area contributed by atoms with E-state index in [-0.39, 0.29) is 0 Å². The average Bonchev–Trinajstić information content (AvgIpc) is 3.36. The second-order valence-corrected chi connectivity index (χ2v) is 8.06. The van der Waals surface area contributed by atoms with Gasteiger partial charge in [0.1, 0.15) is 6.10 Å². The smallest absolute Gasteiger partial charge is 0.409 e. The topological polar surface area (TPSA) is 80.8 Å². The summed E-state index contributed by atoms with van der Waals surface area (Å²) in [5.74, 6) is 0. The molecule has 3 aromatic rings. The molecule has 0 bridgehead atoms. The first kappa shape index (κ1) is 23.3. The Labute approximate surface area is 192 Å². The molecule has 32 heavy (non-hydrogen) atoms. The zero-order valence-corrected chi connectivity index (χ0v) is 18.8. The lowest BCUT2D eigenvalue weighted by molar-refractivity contribution is 0.0984. The number of ether oxygens (including phenoxy) is 2. The standard InChI is InChI=1S/C24H27N3O4S/c1-30-24(29)27(17-20-11-6-3-7-12-20)14-8-13-26-23(28)31-21(22-16-25-18-32-22)15-19-9-4-2-5-10-19/h2-7,9-12,16,18,21H,8,13-15,17H2,1H3,(H,26,28). The molecule has 1 unspecified atom stereocenters. The van der Waals surface area contributed by atoms with E-state index in [1.807, 2.05) is 60.7 Å². The molecule has 0 radical (unpaired) electrons. The zero-order chi connectivity index (χ0) is 22.6. The fourth-order valence-corrected chi connectivity index (χ4v) is 3.86. The summed E-state index contributed by atoms with van der Waals surface area (Å²) in [5.41, 5.74) is 3.81. The maximum atomic E-state index is 12.4. The Morgan fingerprint density at radius 2 is 1.75 bits per heavy atom. The molecule has 1 aromatic heterocycles. The number of thiazole rings is 1. The summed E-state index contributed by atoms with van der Waals surface area (Å²) in [6.45, 7) is 1.27.